The third-order valence-corrected chi connectivity index (χ3v) is 3.65. The van der Waals surface area contributed by atoms with Crippen LogP contribution in [0.25, 0.3) is 0 Å². The predicted octanol–water partition coefficient (Wildman–Crippen LogP) is 2.97. The number of anilines is 1. The minimum atomic E-state index is 0. The van der Waals surface area contributed by atoms with Crippen LogP contribution in [-0.4, -0.2) is 19.6 Å². The smallest absolute Gasteiger partial charge is 0.0373 e. The van der Waals surface area contributed by atoms with Crippen molar-refractivity contribution in [1.29, 1.82) is 0 Å². The van der Waals surface area contributed by atoms with Gasteiger partial charge in [0.05, 0.1) is 0 Å². The Labute approximate surface area is 115 Å². The van der Waals surface area contributed by atoms with E-state index in [0.29, 0.717) is 0 Å². The third kappa shape index (κ3) is 3.06. The molecule has 0 atom stereocenters. The molecule has 96 valence electrons. The molecule has 1 aromatic rings. The number of benzene rings is 1. The van der Waals surface area contributed by atoms with Crippen molar-refractivity contribution < 1.29 is 0 Å². The minimum absolute atomic E-state index is 0. The van der Waals surface area contributed by atoms with E-state index in [1.807, 2.05) is 0 Å². The SMILES string of the molecule is Cl.Cl.c1cc2c(cc1C1CCNCC1)CCN2. The summed E-state index contributed by atoms with van der Waals surface area (Å²) in [5.74, 6) is 0.789. The lowest BCUT2D eigenvalue weighted by molar-refractivity contribution is 0.460. The summed E-state index contributed by atoms with van der Waals surface area (Å²) in [7, 11) is 0. The first-order chi connectivity index (χ1) is 7.43. The Bertz CT molecular complexity index is 362. The molecule has 0 radical (unpaired) electrons. The number of hydrogen-bond acceptors (Lipinski definition) is 2. The number of hydrogen-bond donors (Lipinski definition) is 2. The summed E-state index contributed by atoms with van der Waals surface area (Å²) in [6.07, 6.45) is 3.80. The van der Waals surface area contributed by atoms with Crippen molar-refractivity contribution in [2.75, 3.05) is 25.0 Å². The summed E-state index contributed by atoms with van der Waals surface area (Å²) in [6, 6.07) is 7.00. The van der Waals surface area contributed by atoms with Crippen LogP contribution in [0.15, 0.2) is 18.2 Å². The van der Waals surface area contributed by atoms with Gasteiger partial charge in [0.1, 0.15) is 0 Å². The van der Waals surface area contributed by atoms with Crippen LogP contribution in [0.4, 0.5) is 5.69 Å². The fourth-order valence-electron chi connectivity index (χ4n) is 2.73. The van der Waals surface area contributed by atoms with Gasteiger partial charge in [-0.2, -0.15) is 0 Å². The van der Waals surface area contributed by atoms with E-state index in [1.165, 1.54) is 43.6 Å². The van der Waals surface area contributed by atoms with Crippen LogP contribution in [0.3, 0.4) is 0 Å². The van der Waals surface area contributed by atoms with Gasteiger partial charge in [-0.1, -0.05) is 12.1 Å². The zero-order valence-electron chi connectivity index (χ0n) is 9.87. The predicted molar refractivity (Wildman–Crippen MR) is 78.0 cm³/mol. The van der Waals surface area contributed by atoms with E-state index in [9.17, 15) is 0 Å². The lowest BCUT2D eigenvalue weighted by atomic mass is 9.89. The summed E-state index contributed by atoms with van der Waals surface area (Å²) in [6.45, 7) is 3.48. The first-order valence-corrected chi connectivity index (χ1v) is 6.01. The molecular formula is C13H20Cl2N2. The standard InChI is InChI=1S/C13H18N2.2ClH/c1-2-13-12(5-8-15-13)9-11(1)10-3-6-14-7-4-10;;/h1-2,9-10,14-15H,3-8H2;2*1H. The van der Waals surface area contributed by atoms with Crippen LogP contribution in [0, 0.1) is 0 Å². The van der Waals surface area contributed by atoms with Crippen molar-refractivity contribution in [3.63, 3.8) is 0 Å². The van der Waals surface area contributed by atoms with Crippen LogP contribution >= 0.6 is 24.8 Å². The lowest BCUT2D eigenvalue weighted by Gasteiger charge is -2.23. The molecule has 0 unspecified atom stereocenters. The Morgan fingerprint density at radius 2 is 1.76 bits per heavy atom. The van der Waals surface area contributed by atoms with Crippen LogP contribution < -0.4 is 10.6 Å². The molecule has 2 aliphatic heterocycles. The summed E-state index contributed by atoms with van der Waals surface area (Å²) in [4.78, 5) is 0. The highest BCUT2D eigenvalue weighted by Gasteiger charge is 2.17. The van der Waals surface area contributed by atoms with Crippen molar-refractivity contribution in [3.8, 4) is 0 Å². The third-order valence-electron chi connectivity index (χ3n) is 3.65. The van der Waals surface area contributed by atoms with Crippen LogP contribution in [0.1, 0.15) is 29.9 Å². The molecule has 2 heterocycles. The van der Waals surface area contributed by atoms with E-state index >= 15 is 0 Å². The number of halogens is 2. The molecule has 1 fully saturated rings. The van der Waals surface area contributed by atoms with E-state index in [2.05, 4.69) is 28.8 Å². The van der Waals surface area contributed by atoms with E-state index in [1.54, 1.807) is 5.56 Å². The molecule has 0 bridgehead atoms. The maximum atomic E-state index is 3.42. The molecule has 2 N–H and O–H groups in total. The van der Waals surface area contributed by atoms with Crippen molar-refractivity contribution in [3.05, 3.63) is 29.3 Å². The fourth-order valence-corrected chi connectivity index (χ4v) is 2.73. The Morgan fingerprint density at radius 3 is 2.53 bits per heavy atom. The monoisotopic (exact) mass is 274 g/mol. The largest absolute Gasteiger partial charge is 0.384 e. The van der Waals surface area contributed by atoms with Crippen molar-refractivity contribution in [1.82, 2.24) is 5.32 Å². The molecule has 1 aromatic carbocycles. The van der Waals surface area contributed by atoms with Crippen LogP contribution in [0.5, 0.6) is 0 Å². The first kappa shape index (κ1) is 14.6. The van der Waals surface area contributed by atoms with Crippen molar-refractivity contribution in [2.45, 2.75) is 25.2 Å². The maximum Gasteiger partial charge on any atom is 0.0373 e. The van der Waals surface area contributed by atoms with Gasteiger partial charge in [0.2, 0.25) is 0 Å². The van der Waals surface area contributed by atoms with Gasteiger partial charge in [-0.15, -0.1) is 24.8 Å². The molecule has 0 amide bonds. The van der Waals surface area contributed by atoms with Gasteiger partial charge in [0.15, 0.2) is 0 Å². The Kier molecular flexibility index (Phi) is 5.57. The molecule has 0 saturated carbocycles. The van der Waals surface area contributed by atoms with Gasteiger partial charge in [-0.05, 0) is 55.5 Å². The van der Waals surface area contributed by atoms with E-state index in [4.69, 9.17) is 0 Å². The highest BCUT2D eigenvalue weighted by atomic mass is 35.5. The van der Waals surface area contributed by atoms with Gasteiger partial charge >= 0.3 is 0 Å². The van der Waals surface area contributed by atoms with Gasteiger partial charge in [-0.25, -0.2) is 0 Å². The van der Waals surface area contributed by atoms with Crippen molar-refractivity contribution in [2.24, 2.45) is 0 Å². The molecule has 4 heteroatoms. The number of piperidine rings is 1. The summed E-state index contributed by atoms with van der Waals surface area (Å²) >= 11 is 0. The second-order valence-corrected chi connectivity index (χ2v) is 4.62. The van der Waals surface area contributed by atoms with Crippen LogP contribution in [0.2, 0.25) is 0 Å². The Balaban J connectivity index is 0.000000722. The second kappa shape index (κ2) is 6.48. The van der Waals surface area contributed by atoms with Crippen LogP contribution in [-0.2, 0) is 6.42 Å². The molecule has 0 aromatic heterocycles. The molecule has 2 aliphatic rings. The van der Waals surface area contributed by atoms with E-state index in [-0.39, 0.29) is 24.8 Å². The lowest BCUT2D eigenvalue weighted by Crippen LogP contribution is -2.26. The van der Waals surface area contributed by atoms with Gasteiger partial charge in [0.25, 0.3) is 0 Å². The van der Waals surface area contributed by atoms with E-state index in [0.717, 1.165) is 12.5 Å². The quantitative estimate of drug-likeness (QED) is 0.823. The molecular weight excluding hydrogens is 255 g/mol. The highest BCUT2D eigenvalue weighted by molar-refractivity contribution is 5.85. The van der Waals surface area contributed by atoms with Gasteiger partial charge < -0.3 is 10.6 Å². The molecule has 0 aliphatic carbocycles. The number of rotatable bonds is 1. The molecule has 0 spiro atoms. The molecule has 17 heavy (non-hydrogen) atoms. The molecule has 3 rings (SSSR count). The number of nitrogens with one attached hydrogen (secondary N) is 2. The maximum absolute atomic E-state index is 3.42. The normalized spacial score (nSPS) is 18.6. The topological polar surface area (TPSA) is 24.1 Å². The summed E-state index contributed by atoms with van der Waals surface area (Å²) < 4.78 is 0. The molecule has 2 nitrogen and oxygen atoms in total. The van der Waals surface area contributed by atoms with Gasteiger partial charge in [0, 0.05) is 12.2 Å². The number of fused-ring (bicyclic) bond motifs is 1. The molecule has 1 saturated heterocycles. The summed E-state index contributed by atoms with van der Waals surface area (Å²) in [5.41, 5.74) is 4.43. The van der Waals surface area contributed by atoms with E-state index < -0.39 is 0 Å². The Hall–Kier alpha value is -0.440. The average Bonchev–Trinajstić information content (AvgIpc) is 2.77. The minimum Gasteiger partial charge on any atom is -0.384 e. The highest BCUT2D eigenvalue weighted by Crippen LogP contribution is 2.30. The first-order valence-electron chi connectivity index (χ1n) is 6.01. The zero-order valence-corrected chi connectivity index (χ0v) is 11.5. The van der Waals surface area contributed by atoms with Crippen molar-refractivity contribution >= 4 is 30.5 Å². The zero-order chi connectivity index (χ0) is 10.1. The average molecular weight is 275 g/mol. The van der Waals surface area contributed by atoms with Gasteiger partial charge in [-0.3, -0.25) is 0 Å². The second-order valence-electron chi connectivity index (χ2n) is 4.62. The fraction of sp³-hybridized carbons (Fsp3) is 0.538. The Morgan fingerprint density at radius 1 is 1.00 bits per heavy atom. The summed E-state index contributed by atoms with van der Waals surface area (Å²) in [5, 5.41) is 6.84.